The standard InChI is InChI=1S/C15H9BrClFN2O/c16-8-1-2-9-13(5-8)20(4-3-15(9)21)14-7-12(19)10(17)6-11(14)18/h1-7H,19H2. The molecule has 0 unspecified atom stereocenters. The Morgan fingerprint density at radius 2 is 1.95 bits per heavy atom. The van der Waals surface area contributed by atoms with Gasteiger partial charge in [0, 0.05) is 22.1 Å². The highest BCUT2D eigenvalue weighted by atomic mass is 79.9. The second-order valence-corrected chi connectivity index (χ2v) is 5.86. The number of rotatable bonds is 1. The van der Waals surface area contributed by atoms with Crippen LogP contribution in [0, 0.1) is 5.82 Å². The minimum atomic E-state index is -0.515. The molecule has 0 saturated carbocycles. The number of nitrogens with zero attached hydrogens (tertiary/aromatic N) is 1. The fourth-order valence-electron chi connectivity index (χ4n) is 2.17. The molecule has 1 aromatic heterocycles. The Bertz CT molecular complexity index is 923. The topological polar surface area (TPSA) is 48.0 Å². The molecule has 1 heterocycles. The third-order valence-corrected chi connectivity index (χ3v) is 4.01. The lowest BCUT2D eigenvalue weighted by Crippen LogP contribution is -2.08. The fraction of sp³-hybridized carbons (Fsp3) is 0. The largest absolute Gasteiger partial charge is 0.397 e. The number of nitrogen functional groups attached to an aromatic ring is 1. The van der Waals surface area contributed by atoms with Crippen molar-refractivity contribution in [2.24, 2.45) is 0 Å². The quantitative estimate of drug-likeness (QED) is 0.658. The van der Waals surface area contributed by atoms with Gasteiger partial charge < -0.3 is 10.3 Å². The van der Waals surface area contributed by atoms with E-state index in [9.17, 15) is 9.18 Å². The van der Waals surface area contributed by atoms with Crippen molar-refractivity contribution in [1.82, 2.24) is 4.57 Å². The molecule has 2 N–H and O–H groups in total. The van der Waals surface area contributed by atoms with E-state index in [1.807, 2.05) is 0 Å². The molecule has 3 nitrogen and oxygen atoms in total. The van der Waals surface area contributed by atoms with Crippen molar-refractivity contribution in [1.29, 1.82) is 0 Å². The van der Waals surface area contributed by atoms with Crippen molar-refractivity contribution in [3.05, 3.63) is 68.1 Å². The number of nitrogens with two attached hydrogens (primary N) is 1. The molecule has 0 amide bonds. The number of fused-ring (bicyclic) bond motifs is 1. The van der Waals surface area contributed by atoms with E-state index in [2.05, 4.69) is 15.9 Å². The van der Waals surface area contributed by atoms with E-state index in [1.165, 1.54) is 18.3 Å². The maximum absolute atomic E-state index is 14.2. The zero-order valence-electron chi connectivity index (χ0n) is 10.6. The summed E-state index contributed by atoms with van der Waals surface area (Å²) in [6.07, 6.45) is 1.52. The fourth-order valence-corrected chi connectivity index (χ4v) is 2.67. The first-order valence-corrected chi connectivity index (χ1v) is 7.20. The van der Waals surface area contributed by atoms with Gasteiger partial charge in [-0.05, 0) is 30.3 Å². The van der Waals surface area contributed by atoms with Crippen LogP contribution in [0.4, 0.5) is 10.1 Å². The SMILES string of the molecule is Nc1cc(-n2ccc(=O)c3ccc(Br)cc32)c(F)cc1Cl. The molecule has 0 bridgehead atoms. The minimum Gasteiger partial charge on any atom is -0.397 e. The zero-order chi connectivity index (χ0) is 15.1. The smallest absolute Gasteiger partial charge is 0.189 e. The Kier molecular flexibility index (Phi) is 3.47. The van der Waals surface area contributed by atoms with Gasteiger partial charge in [0.2, 0.25) is 0 Å². The van der Waals surface area contributed by atoms with Crippen LogP contribution >= 0.6 is 27.5 Å². The molecule has 0 saturated heterocycles. The monoisotopic (exact) mass is 366 g/mol. The summed E-state index contributed by atoms with van der Waals surface area (Å²) in [5.74, 6) is -0.515. The Morgan fingerprint density at radius 3 is 2.71 bits per heavy atom. The van der Waals surface area contributed by atoms with Gasteiger partial charge in [0.25, 0.3) is 0 Å². The summed E-state index contributed by atoms with van der Waals surface area (Å²) in [5, 5.41) is 0.649. The lowest BCUT2D eigenvalue weighted by molar-refractivity contribution is 0.620. The van der Waals surface area contributed by atoms with Gasteiger partial charge in [-0.25, -0.2) is 4.39 Å². The average molecular weight is 368 g/mol. The molecule has 0 aliphatic carbocycles. The Labute approximate surface area is 132 Å². The van der Waals surface area contributed by atoms with Crippen molar-refractivity contribution in [2.75, 3.05) is 5.73 Å². The van der Waals surface area contributed by atoms with Crippen molar-refractivity contribution in [2.45, 2.75) is 0 Å². The number of aromatic nitrogens is 1. The first-order chi connectivity index (χ1) is 9.97. The molecule has 106 valence electrons. The van der Waals surface area contributed by atoms with E-state index in [4.69, 9.17) is 17.3 Å². The number of pyridine rings is 1. The lowest BCUT2D eigenvalue weighted by atomic mass is 10.2. The van der Waals surface area contributed by atoms with E-state index in [0.29, 0.717) is 10.9 Å². The highest BCUT2D eigenvalue weighted by molar-refractivity contribution is 9.10. The highest BCUT2D eigenvalue weighted by Crippen LogP contribution is 2.27. The number of anilines is 1. The van der Waals surface area contributed by atoms with Crippen LogP contribution in [0.25, 0.3) is 16.6 Å². The molecule has 0 atom stereocenters. The summed E-state index contributed by atoms with van der Waals surface area (Å²) in [7, 11) is 0. The summed E-state index contributed by atoms with van der Waals surface area (Å²) in [6.45, 7) is 0. The van der Waals surface area contributed by atoms with Gasteiger partial charge in [0.1, 0.15) is 5.82 Å². The Hall–Kier alpha value is -1.85. The second kappa shape index (κ2) is 5.16. The zero-order valence-corrected chi connectivity index (χ0v) is 13.0. The first kappa shape index (κ1) is 14.1. The van der Waals surface area contributed by atoms with E-state index < -0.39 is 5.82 Å². The normalized spacial score (nSPS) is 11.0. The molecule has 2 aromatic carbocycles. The first-order valence-electron chi connectivity index (χ1n) is 6.03. The molecule has 6 heteroatoms. The number of hydrogen-bond acceptors (Lipinski definition) is 2. The summed E-state index contributed by atoms with van der Waals surface area (Å²) < 4.78 is 16.6. The Morgan fingerprint density at radius 1 is 1.19 bits per heavy atom. The van der Waals surface area contributed by atoms with Gasteiger partial charge in [-0.2, -0.15) is 0 Å². The minimum absolute atomic E-state index is 0.129. The van der Waals surface area contributed by atoms with Crippen LogP contribution in [0.2, 0.25) is 5.02 Å². The van der Waals surface area contributed by atoms with Crippen molar-refractivity contribution >= 4 is 44.1 Å². The second-order valence-electron chi connectivity index (χ2n) is 4.54. The van der Waals surface area contributed by atoms with Gasteiger partial charge in [0.15, 0.2) is 5.43 Å². The van der Waals surface area contributed by atoms with Gasteiger partial charge in [-0.3, -0.25) is 4.79 Å². The molecular formula is C15H9BrClFN2O. The molecule has 0 spiro atoms. The third-order valence-electron chi connectivity index (χ3n) is 3.19. The summed E-state index contributed by atoms with van der Waals surface area (Å²) in [6, 6.07) is 9.20. The van der Waals surface area contributed by atoms with Crippen molar-refractivity contribution in [3.63, 3.8) is 0 Å². The van der Waals surface area contributed by atoms with Gasteiger partial charge in [0.05, 0.1) is 21.9 Å². The van der Waals surface area contributed by atoms with Crippen LogP contribution in [0.5, 0.6) is 0 Å². The molecule has 0 aliphatic rings. The number of halogens is 3. The maximum Gasteiger partial charge on any atom is 0.189 e. The average Bonchev–Trinajstić information content (AvgIpc) is 2.44. The number of hydrogen-bond donors (Lipinski definition) is 1. The molecule has 0 aliphatic heterocycles. The predicted molar refractivity (Wildman–Crippen MR) is 86.6 cm³/mol. The number of benzene rings is 2. The molecule has 3 aromatic rings. The molecular weight excluding hydrogens is 359 g/mol. The van der Waals surface area contributed by atoms with Crippen LogP contribution in [0.15, 0.2) is 51.9 Å². The van der Waals surface area contributed by atoms with Crippen LogP contribution in [0.1, 0.15) is 0 Å². The Balaban J connectivity index is 2.41. The van der Waals surface area contributed by atoms with Gasteiger partial charge in [-0.15, -0.1) is 0 Å². The van der Waals surface area contributed by atoms with E-state index in [1.54, 1.807) is 22.8 Å². The predicted octanol–water partition coefficient (Wildman–Crippen LogP) is 4.13. The van der Waals surface area contributed by atoms with E-state index >= 15 is 0 Å². The highest BCUT2D eigenvalue weighted by Gasteiger charge is 2.11. The van der Waals surface area contributed by atoms with Gasteiger partial charge >= 0.3 is 0 Å². The maximum atomic E-state index is 14.2. The summed E-state index contributed by atoms with van der Waals surface area (Å²) in [5.41, 5.74) is 6.71. The molecule has 0 radical (unpaired) electrons. The molecule has 3 rings (SSSR count). The van der Waals surface area contributed by atoms with Crippen LogP contribution in [-0.2, 0) is 0 Å². The van der Waals surface area contributed by atoms with Crippen molar-refractivity contribution in [3.8, 4) is 5.69 Å². The molecule has 21 heavy (non-hydrogen) atoms. The van der Waals surface area contributed by atoms with Gasteiger partial charge in [-0.1, -0.05) is 27.5 Å². The van der Waals surface area contributed by atoms with Crippen LogP contribution < -0.4 is 11.2 Å². The third kappa shape index (κ3) is 2.43. The lowest BCUT2D eigenvalue weighted by Gasteiger charge is -2.13. The van der Waals surface area contributed by atoms with Crippen LogP contribution in [0.3, 0.4) is 0 Å². The summed E-state index contributed by atoms with van der Waals surface area (Å²) >= 11 is 9.16. The molecule has 0 fully saturated rings. The van der Waals surface area contributed by atoms with Crippen LogP contribution in [-0.4, -0.2) is 4.57 Å². The summed E-state index contributed by atoms with van der Waals surface area (Å²) in [4.78, 5) is 11.9. The van der Waals surface area contributed by atoms with E-state index in [-0.39, 0.29) is 21.8 Å². The van der Waals surface area contributed by atoms with E-state index in [0.717, 1.165) is 10.5 Å². The van der Waals surface area contributed by atoms with Crippen molar-refractivity contribution < 1.29 is 4.39 Å².